The predicted octanol–water partition coefficient (Wildman–Crippen LogP) is 2.77. The lowest BCUT2D eigenvalue weighted by molar-refractivity contribution is 0.123. The molecule has 3 heteroatoms. The third kappa shape index (κ3) is 2.72. The molecular weight excluding hydrogens is 214 g/mol. The molecule has 1 saturated carbocycles. The number of nitrogens with one attached hydrogen (secondary N) is 1. The summed E-state index contributed by atoms with van der Waals surface area (Å²) >= 11 is 0. The highest BCUT2D eigenvalue weighted by atomic mass is 16.3. The molecule has 0 saturated heterocycles. The lowest BCUT2D eigenvalue weighted by atomic mass is 9.67. The fourth-order valence-electron chi connectivity index (χ4n) is 2.50. The fraction of sp³-hybridized carbons (Fsp3) is 0.571. The van der Waals surface area contributed by atoms with Crippen molar-refractivity contribution in [2.45, 2.75) is 39.2 Å². The molecule has 1 fully saturated rings. The van der Waals surface area contributed by atoms with Gasteiger partial charge in [-0.1, -0.05) is 19.4 Å². The van der Waals surface area contributed by atoms with Crippen LogP contribution in [0.5, 0.6) is 11.5 Å². The Bertz CT molecular complexity index is 380. The Kier molecular flexibility index (Phi) is 3.57. The number of phenolic OH excluding ortho intramolecular Hbond substituents is 2. The lowest BCUT2D eigenvalue weighted by Crippen LogP contribution is -2.39. The van der Waals surface area contributed by atoms with Gasteiger partial charge >= 0.3 is 0 Å². The van der Waals surface area contributed by atoms with Gasteiger partial charge in [-0.25, -0.2) is 0 Å². The minimum absolute atomic E-state index is 0.107. The first kappa shape index (κ1) is 12.2. The number of rotatable bonds is 5. The first-order valence-corrected chi connectivity index (χ1v) is 6.37. The summed E-state index contributed by atoms with van der Waals surface area (Å²) in [5, 5.41) is 22.3. The Morgan fingerprint density at radius 1 is 1.29 bits per heavy atom. The van der Waals surface area contributed by atoms with E-state index in [2.05, 4.69) is 12.2 Å². The number of aromatic hydroxyl groups is 2. The van der Waals surface area contributed by atoms with Gasteiger partial charge in [0.25, 0.3) is 0 Å². The van der Waals surface area contributed by atoms with Crippen LogP contribution in [-0.2, 0) is 6.54 Å². The average molecular weight is 235 g/mol. The minimum Gasteiger partial charge on any atom is -0.508 e. The van der Waals surface area contributed by atoms with Gasteiger partial charge in [-0.2, -0.15) is 0 Å². The highest BCUT2D eigenvalue weighted by Gasteiger charge is 2.34. The summed E-state index contributed by atoms with van der Waals surface area (Å²) in [6.07, 6.45) is 5.21. The highest BCUT2D eigenvalue weighted by Crippen LogP contribution is 2.43. The van der Waals surface area contributed by atoms with E-state index in [0.717, 1.165) is 12.1 Å². The standard InChI is InChI=1S/C14H21NO2/c1-2-14(6-3-7-14)10-15-9-11-4-5-12(16)8-13(11)17/h4-5,8,15-17H,2-3,6-7,9-10H2,1H3. The normalized spacial score (nSPS) is 17.7. The van der Waals surface area contributed by atoms with Crippen LogP contribution in [-0.4, -0.2) is 16.8 Å². The molecule has 2 rings (SSSR count). The van der Waals surface area contributed by atoms with E-state index in [1.807, 2.05) is 0 Å². The predicted molar refractivity (Wildman–Crippen MR) is 68.1 cm³/mol. The molecule has 0 aliphatic heterocycles. The second kappa shape index (κ2) is 4.96. The highest BCUT2D eigenvalue weighted by molar-refractivity contribution is 5.38. The van der Waals surface area contributed by atoms with Gasteiger partial charge in [0, 0.05) is 24.7 Å². The van der Waals surface area contributed by atoms with Gasteiger partial charge in [0.2, 0.25) is 0 Å². The molecule has 94 valence electrons. The molecule has 0 bridgehead atoms. The van der Waals surface area contributed by atoms with Crippen LogP contribution >= 0.6 is 0 Å². The molecule has 0 heterocycles. The molecule has 3 nitrogen and oxygen atoms in total. The molecule has 0 amide bonds. The fourth-order valence-corrected chi connectivity index (χ4v) is 2.50. The Balaban J connectivity index is 1.85. The van der Waals surface area contributed by atoms with Crippen molar-refractivity contribution in [2.75, 3.05) is 6.54 Å². The number of benzene rings is 1. The summed E-state index contributed by atoms with van der Waals surface area (Å²) in [6.45, 7) is 3.93. The average Bonchev–Trinajstić information content (AvgIpc) is 2.25. The quantitative estimate of drug-likeness (QED) is 0.735. The molecule has 0 spiro atoms. The van der Waals surface area contributed by atoms with E-state index >= 15 is 0 Å². The molecule has 0 radical (unpaired) electrons. The van der Waals surface area contributed by atoms with Crippen molar-refractivity contribution in [2.24, 2.45) is 5.41 Å². The van der Waals surface area contributed by atoms with E-state index in [-0.39, 0.29) is 11.5 Å². The van der Waals surface area contributed by atoms with Gasteiger partial charge in [-0.15, -0.1) is 0 Å². The number of phenols is 2. The van der Waals surface area contributed by atoms with E-state index in [1.165, 1.54) is 31.7 Å². The molecule has 0 unspecified atom stereocenters. The van der Waals surface area contributed by atoms with Crippen molar-refractivity contribution in [3.63, 3.8) is 0 Å². The van der Waals surface area contributed by atoms with Gasteiger partial charge in [0.05, 0.1) is 0 Å². The van der Waals surface area contributed by atoms with Crippen LogP contribution in [0, 0.1) is 5.41 Å². The van der Waals surface area contributed by atoms with Crippen molar-refractivity contribution < 1.29 is 10.2 Å². The van der Waals surface area contributed by atoms with Crippen molar-refractivity contribution in [3.05, 3.63) is 23.8 Å². The van der Waals surface area contributed by atoms with Crippen LogP contribution in [0.15, 0.2) is 18.2 Å². The summed E-state index contributed by atoms with van der Waals surface area (Å²) in [7, 11) is 0. The van der Waals surface area contributed by atoms with E-state index in [4.69, 9.17) is 0 Å². The Morgan fingerprint density at radius 3 is 2.59 bits per heavy atom. The summed E-state index contributed by atoms with van der Waals surface area (Å²) < 4.78 is 0. The maximum absolute atomic E-state index is 9.65. The van der Waals surface area contributed by atoms with Crippen molar-refractivity contribution in [3.8, 4) is 11.5 Å². The Morgan fingerprint density at radius 2 is 2.06 bits per heavy atom. The lowest BCUT2D eigenvalue weighted by Gasteiger charge is -2.41. The van der Waals surface area contributed by atoms with E-state index in [0.29, 0.717) is 12.0 Å². The van der Waals surface area contributed by atoms with Crippen LogP contribution in [0.4, 0.5) is 0 Å². The van der Waals surface area contributed by atoms with Crippen LogP contribution in [0.1, 0.15) is 38.2 Å². The molecular formula is C14H21NO2. The van der Waals surface area contributed by atoms with Crippen LogP contribution in [0.25, 0.3) is 0 Å². The van der Waals surface area contributed by atoms with Crippen LogP contribution in [0.2, 0.25) is 0 Å². The topological polar surface area (TPSA) is 52.5 Å². The van der Waals surface area contributed by atoms with Crippen molar-refractivity contribution in [1.82, 2.24) is 5.32 Å². The van der Waals surface area contributed by atoms with Gasteiger partial charge in [0.1, 0.15) is 11.5 Å². The van der Waals surface area contributed by atoms with Crippen molar-refractivity contribution in [1.29, 1.82) is 0 Å². The zero-order valence-electron chi connectivity index (χ0n) is 10.4. The van der Waals surface area contributed by atoms with Gasteiger partial charge in [-0.05, 0) is 30.7 Å². The maximum Gasteiger partial charge on any atom is 0.123 e. The second-order valence-corrected chi connectivity index (χ2v) is 5.12. The molecule has 17 heavy (non-hydrogen) atoms. The van der Waals surface area contributed by atoms with Crippen LogP contribution < -0.4 is 5.32 Å². The Labute approximate surface area is 102 Å². The van der Waals surface area contributed by atoms with E-state index in [9.17, 15) is 10.2 Å². The molecule has 0 aromatic heterocycles. The molecule has 1 aliphatic rings. The summed E-state index contributed by atoms with van der Waals surface area (Å²) in [5.41, 5.74) is 1.33. The summed E-state index contributed by atoms with van der Waals surface area (Å²) in [4.78, 5) is 0. The van der Waals surface area contributed by atoms with Crippen molar-refractivity contribution >= 4 is 0 Å². The largest absolute Gasteiger partial charge is 0.508 e. The van der Waals surface area contributed by atoms with Crippen LogP contribution in [0.3, 0.4) is 0 Å². The Hall–Kier alpha value is -1.22. The first-order chi connectivity index (χ1) is 8.15. The number of hydrogen-bond donors (Lipinski definition) is 3. The zero-order chi connectivity index (χ0) is 12.3. The molecule has 0 atom stereocenters. The first-order valence-electron chi connectivity index (χ1n) is 6.37. The maximum atomic E-state index is 9.65. The zero-order valence-corrected chi connectivity index (χ0v) is 10.4. The smallest absolute Gasteiger partial charge is 0.123 e. The summed E-state index contributed by atoms with van der Waals surface area (Å²) in [6, 6.07) is 4.75. The monoisotopic (exact) mass is 235 g/mol. The third-order valence-electron chi connectivity index (χ3n) is 4.05. The van der Waals surface area contributed by atoms with Gasteiger partial charge in [-0.3, -0.25) is 0 Å². The molecule has 1 aromatic carbocycles. The summed E-state index contributed by atoms with van der Waals surface area (Å²) in [5.74, 6) is 0.270. The van der Waals surface area contributed by atoms with Gasteiger partial charge < -0.3 is 15.5 Å². The molecule has 1 aromatic rings. The minimum atomic E-state index is 0.107. The SMILES string of the molecule is CCC1(CNCc2ccc(O)cc2O)CCC1. The number of hydrogen-bond acceptors (Lipinski definition) is 3. The van der Waals surface area contributed by atoms with E-state index < -0.39 is 0 Å². The van der Waals surface area contributed by atoms with E-state index in [1.54, 1.807) is 12.1 Å². The molecule has 3 N–H and O–H groups in total. The molecule has 1 aliphatic carbocycles. The van der Waals surface area contributed by atoms with Gasteiger partial charge in [0.15, 0.2) is 0 Å². The second-order valence-electron chi connectivity index (χ2n) is 5.12. The third-order valence-corrected chi connectivity index (χ3v) is 4.05.